The maximum atomic E-state index is 10.3. The Hall–Kier alpha value is -0.610. The number of carboxylic acid groups (broad SMARTS) is 1. The number of nitrogens with zero attached hydrogens (tertiary/aromatic N) is 1. The highest BCUT2D eigenvalue weighted by Crippen LogP contribution is 2.13. The van der Waals surface area contributed by atoms with Gasteiger partial charge in [0.05, 0.1) is 0 Å². The largest absolute Gasteiger partial charge is 0.481 e. The summed E-state index contributed by atoms with van der Waals surface area (Å²) in [5.74, 6) is -0.653. The van der Waals surface area contributed by atoms with Gasteiger partial charge in [-0.1, -0.05) is 96.8 Å². The molecule has 0 aliphatic carbocycles. The van der Waals surface area contributed by atoms with Crippen molar-refractivity contribution in [1.29, 1.82) is 0 Å². The van der Waals surface area contributed by atoms with Crippen molar-refractivity contribution in [3.63, 3.8) is 0 Å². The Labute approximate surface area is 150 Å². The summed E-state index contributed by atoms with van der Waals surface area (Å²) in [5.41, 5.74) is 0. The van der Waals surface area contributed by atoms with Gasteiger partial charge in [-0.25, -0.2) is 0 Å². The summed E-state index contributed by atoms with van der Waals surface area (Å²) in [7, 11) is 3.11. The van der Waals surface area contributed by atoms with Crippen molar-refractivity contribution in [3.8, 4) is 0 Å². The number of hydrogen-bond donors (Lipinski definition) is 2. The SMILES string of the molecule is CCCCCCCCCCCCCCCCCC(=O)O.CN(C)O. The third-order valence-corrected chi connectivity index (χ3v) is 3.99. The Morgan fingerprint density at radius 1 is 0.667 bits per heavy atom. The van der Waals surface area contributed by atoms with E-state index in [9.17, 15) is 4.79 Å². The molecule has 0 heterocycles. The number of carbonyl (C=O) groups is 1. The molecule has 0 unspecified atom stereocenters. The molecule has 2 N–H and O–H groups in total. The molecule has 0 rings (SSSR count). The van der Waals surface area contributed by atoms with Crippen LogP contribution in [0.15, 0.2) is 0 Å². The Morgan fingerprint density at radius 3 is 1.17 bits per heavy atom. The Kier molecular flexibility index (Phi) is 23.9. The molecule has 0 amide bonds. The van der Waals surface area contributed by atoms with E-state index < -0.39 is 5.97 Å². The predicted octanol–water partition coefficient (Wildman–Crippen LogP) is 6.27. The maximum Gasteiger partial charge on any atom is 0.303 e. The van der Waals surface area contributed by atoms with Gasteiger partial charge in [0.25, 0.3) is 0 Å². The summed E-state index contributed by atoms with van der Waals surface area (Å²) in [6.45, 7) is 2.27. The van der Waals surface area contributed by atoms with Crippen LogP contribution in [0.4, 0.5) is 0 Å². The Balaban J connectivity index is 0. The fourth-order valence-electron chi connectivity index (χ4n) is 2.65. The fraction of sp³-hybridized carbons (Fsp3) is 0.950. The molecular formula is C20H43NO3. The van der Waals surface area contributed by atoms with Crippen molar-refractivity contribution in [3.05, 3.63) is 0 Å². The standard InChI is InChI=1S/C18H36O2.C2H7NO/c1-2-3-4-5-6-7-8-9-10-11-12-13-14-15-16-17-18(19)20;1-3(2)4/h2-17H2,1H3,(H,19,20);4H,1-2H3. The zero-order valence-corrected chi connectivity index (χ0v) is 16.6. The summed E-state index contributed by atoms with van der Waals surface area (Å²) in [4.78, 5) is 10.3. The molecule has 0 aliphatic rings. The first-order chi connectivity index (χ1) is 11.5. The lowest BCUT2D eigenvalue weighted by Crippen LogP contribution is -2.01. The van der Waals surface area contributed by atoms with Gasteiger partial charge in [-0.05, 0) is 6.42 Å². The first-order valence-electron chi connectivity index (χ1n) is 10.1. The first kappa shape index (κ1) is 25.6. The van der Waals surface area contributed by atoms with Crippen LogP contribution >= 0.6 is 0 Å². The second-order valence-corrected chi connectivity index (χ2v) is 6.94. The minimum Gasteiger partial charge on any atom is -0.481 e. The normalized spacial score (nSPS) is 10.5. The second kappa shape index (κ2) is 22.4. The van der Waals surface area contributed by atoms with E-state index in [1.54, 1.807) is 14.1 Å². The minimum atomic E-state index is -0.653. The maximum absolute atomic E-state index is 10.3. The van der Waals surface area contributed by atoms with Gasteiger partial charge in [-0.15, -0.1) is 0 Å². The van der Waals surface area contributed by atoms with E-state index in [0.717, 1.165) is 17.9 Å². The average Bonchev–Trinajstić information content (AvgIpc) is 2.50. The Bertz CT molecular complexity index is 242. The van der Waals surface area contributed by atoms with Crippen LogP contribution in [0.1, 0.15) is 110 Å². The third-order valence-electron chi connectivity index (χ3n) is 3.99. The van der Waals surface area contributed by atoms with Crippen LogP contribution in [-0.4, -0.2) is 35.4 Å². The first-order valence-corrected chi connectivity index (χ1v) is 10.1. The number of carboxylic acids is 1. The molecule has 4 heteroatoms. The molecule has 4 nitrogen and oxygen atoms in total. The zero-order chi connectivity index (χ0) is 18.5. The van der Waals surface area contributed by atoms with Crippen molar-refractivity contribution in [2.75, 3.05) is 14.1 Å². The molecule has 0 aromatic heterocycles. The topological polar surface area (TPSA) is 60.8 Å². The van der Waals surface area contributed by atoms with Gasteiger partial charge < -0.3 is 10.3 Å². The molecule has 24 heavy (non-hydrogen) atoms. The van der Waals surface area contributed by atoms with E-state index in [1.165, 1.54) is 83.5 Å². The fourth-order valence-corrected chi connectivity index (χ4v) is 2.65. The quantitative estimate of drug-likeness (QED) is 0.256. The molecule has 0 saturated carbocycles. The van der Waals surface area contributed by atoms with Crippen molar-refractivity contribution in [2.24, 2.45) is 0 Å². The van der Waals surface area contributed by atoms with E-state index in [-0.39, 0.29) is 0 Å². The van der Waals surface area contributed by atoms with Gasteiger partial charge >= 0.3 is 5.97 Å². The van der Waals surface area contributed by atoms with Crippen LogP contribution in [0, 0.1) is 0 Å². The van der Waals surface area contributed by atoms with Gasteiger partial charge in [0.2, 0.25) is 0 Å². The summed E-state index contributed by atoms with van der Waals surface area (Å²) in [6.07, 6.45) is 20.2. The molecule has 0 spiro atoms. The molecule has 0 radical (unpaired) electrons. The van der Waals surface area contributed by atoms with E-state index >= 15 is 0 Å². The molecule has 0 fully saturated rings. The number of aliphatic carboxylic acids is 1. The summed E-state index contributed by atoms with van der Waals surface area (Å²) < 4.78 is 0. The summed E-state index contributed by atoms with van der Waals surface area (Å²) in [6, 6.07) is 0. The highest BCUT2D eigenvalue weighted by molar-refractivity contribution is 5.66. The van der Waals surface area contributed by atoms with Gasteiger partial charge in [0, 0.05) is 20.5 Å². The lowest BCUT2D eigenvalue weighted by atomic mass is 10.0. The third kappa shape index (κ3) is 33.1. The summed E-state index contributed by atoms with van der Waals surface area (Å²) in [5, 5.41) is 17.4. The lowest BCUT2D eigenvalue weighted by molar-refractivity contribution is -0.137. The zero-order valence-electron chi connectivity index (χ0n) is 16.6. The van der Waals surface area contributed by atoms with Crippen LogP contribution in [-0.2, 0) is 4.79 Å². The number of unbranched alkanes of at least 4 members (excludes halogenated alkanes) is 14. The minimum absolute atomic E-state index is 0.345. The molecule has 0 aromatic rings. The van der Waals surface area contributed by atoms with Crippen molar-refractivity contribution < 1.29 is 15.1 Å². The molecule has 0 saturated heterocycles. The molecule has 0 bridgehead atoms. The van der Waals surface area contributed by atoms with Gasteiger partial charge in [0.1, 0.15) is 0 Å². The van der Waals surface area contributed by atoms with E-state index in [4.69, 9.17) is 10.3 Å². The van der Waals surface area contributed by atoms with Crippen LogP contribution in [0.25, 0.3) is 0 Å². The highest BCUT2D eigenvalue weighted by atomic mass is 16.5. The molecule has 146 valence electrons. The second-order valence-electron chi connectivity index (χ2n) is 6.94. The van der Waals surface area contributed by atoms with Crippen LogP contribution in [0.2, 0.25) is 0 Å². The molecule has 0 atom stereocenters. The highest BCUT2D eigenvalue weighted by Gasteiger charge is 1.97. The van der Waals surface area contributed by atoms with Crippen LogP contribution in [0.5, 0.6) is 0 Å². The average molecular weight is 346 g/mol. The van der Waals surface area contributed by atoms with Gasteiger partial charge in [0.15, 0.2) is 0 Å². The molecule has 0 aliphatic heterocycles. The van der Waals surface area contributed by atoms with E-state index in [0.29, 0.717) is 6.42 Å². The lowest BCUT2D eigenvalue weighted by Gasteiger charge is -2.03. The van der Waals surface area contributed by atoms with E-state index in [2.05, 4.69) is 6.92 Å². The smallest absolute Gasteiger partial charge is 0.303 e. The van der Waals surface area contributed by atoms with Gasteiger partial charge in [-0.2, -0.15) is 5.06 Å². The predicted molar refractivity (Wildman–Crippen MR) is 103 cm³/mol. The van der Waals surface area contributed by atoms with Crippen molar-refractivity contribution in [1.82, 2.24) is 5.06 Å². The Morgan fingerprint density at radius 2 is 0.917 bits per heavy atom. The van der Waals surface area contributed by atoms with E-state index in [1.807, 2.05) is 0 Å². The number of hydrogen-bond acceptors (Lipinski definition) is 3. The van der Waals surface area contributed by atoms with Crippen LogP contribution < -0.4 is 0 Å². The van der Waals surface area contributed by atoms with Crippen LogP contribution in [0.3, 0.4) is 0 Å². The number of hydroxylamine groups is 2. The summed E-state index contributed by atoms with van der Waals surface area (Å²) >= 11 is 0. The molecular weight excluding hydrogens is 302 g/mol. The van der Waals surface area contributed by atoms with Gasteiger partial charge in [-0.3, -0.25) is 4.79 Å². The number of rotatable bonds is 16. The molecule has 0 aromatic carbocycles. The van der Waals surface area contributed by atoms with Crippen molar-refractivity contribution >= 4 is 5.97 Å². The monoisotopic (exact) mass is 345 g/mol. The van der Waals surface area contributed by atoms with Crippen molar-refractivity contribution in [2.45, 2.75) is 110 Å².